The molecule has 0 aliphatic rings. The highest BCUT2D eigenvalue weighted by atomic mass is 127. The molecule has 0 spiro atoms. The van der Waals surface area contributed by atoms with E-state index < -0.39 is 0 Å². The maximum absolute atomic E-state index is 10.0. The van der Waals surface area contributed by atoms with Crippen LogP contribution in [0.25, 0.3) is 0 Å². The van der Waals surface area contributed by atoms with E-state index in [1.807, 2.05) is 18.2 Å². The number of hydrogen-bond acceptors (Lipinski definition) is 1. The van der Waals surface area contributed by atoms with Crippen molar-refractivity contribution >= 4 is 38.5 Å². The molecular formula is C12H16BrIO. The predicted molar refractivity (Wildman–Crippen MR) is 75.9 cm³/mol. The molecule has 0 amide bonds. The lowest BCUT2D eigenvalue weighted by Crippen LogP contribution is -2.01. The van der Waals surface area contributed by atoms with E-state index >= 15 is 0 Å². The van der Waals surface area contributed by atoms with Gasteiger partial charge in [0.2, 0.25) is 0 Å². The zero-order valence-corrected chi connectivity index (χ0v) is 12.7. The maximum Gasteiger partial charge on any atom is 0.0801 e. The lowest BCUT2D eigenvalue weighted by molar-refractivity contribution is 0.158. The summed E-state index contributed by atoms with van der Waals surface area (Å²) in [4.78, 5) is 0. The fourth-order valence-corrected chi connectivity index (χ4v) is 2.44. The summed E-state index contributed by atoms with van der Waals surface area (Å²) in [5.41, 5.74) is 1.00. The molecule has 1 N–H and O–H groups in total. The molecule has 1 rings (SSSR count). The van der Waals surface area contributed by atoms with Crippen molar-refractivity contribution in [2.24, 2.45) is 5.92 Å². The average Bonchev–Trinajstić information content (AvgIpc) is 2.18. The molecule has 0 saturated carbocycles. The third kappa shape index (κ3) is 4.41. The van der Waals surface area contributed by atoms with Crippen LogP contribution < -0.4 is 0 Å². The third-order valence-electron chi connectivity index (χ3n) is 2.33. The second-order valence-electron chi connectivity index (χ2n) is 4.15. The predicted octanol–water partition coefficient (Wildman–Crippen LogP) is 4.52. The number of benzene rings is 1. The quantitative estimate of drug-likeness (QED) is 0.759. The van der Waals surface area contributed by atoms with Gasteiger partial charge in [-0.15, -0.1) is 0 Å². The summed E-state index contributed by atoms with van der Waals surface area (Å²) in [5, 5.41) is 10.0. The molecule has 1 aromatic carbocycles. The SMILES string of the molecule is CC(C)CCC(O)c1cc(I)ccc1Br. The molecule has 0 aliphatic carbocycles. The third-order valence-corrected chi connectivity index (χ3v) is 3.73. The van der Waals surface area contributed by atoms with E-state index in [1.165, 1.54) is 0 Å². The van der Waals surface area contributed by atoms with Crippen molar-refractivity contribution < 1.29 is 5.11 Å². The van der Waals surface area contributed by atoms with Gasteiger partial charge in [-0.25, -0.2) is 0 Å². The summed E-state index contributed by atoms with van der Waals surface area (Å²) in [6.45, 7) is 4.35. The van der Waals surface area contributed by atoms with E-state index in [4.69, 9.17) is 0 Å². The van der Waals surface area contributed by atoms with Gasteiger partial charge in [0.1, 0.15) is 0 Å². The van der Waals surface area contributed by atoms with Crippen LogP contribution >= 0.6 is 38.5 Å². The highest BCUT2D eigenvalue weighted by Gasteiger charge is 2.12. The van der Waals surface area contributed by atoms with E-state index in [2.05, 4.69) is 52.4 Å². The zero-order valence-electron chi connectivity index (χ0n) is 9.00. The van der Waals surface area contributed by atoms with Crippen molar-refractivity contribution in [3.05, 3.63) is 31.8 Å². The van der Waals surface area contributed by atoms with Crippen LogP contribution in [-0.4, -0.2) is 5.11 Å². The molecule has 1 atom stereocenters. The minimum Gasteiger partial charge on any atom is -0.388 e. The van der Waals surface area contributed by atoms with Gasteiger partial charge >= 0.3 is 0 Å². The Balaban J connectivity index is 2.72. The van der Waals surface area contributed by atoms with E-state index in [9.17, 15) is 5.11 Å². The van der Waals surface area contributed by atoms with Gasteiger partial charge in [-0.05, 0) is 65.1 Å². The summed E-state index contributed by atoms with van der Waals surface area (Å²) < 4.78 is 2.16. The fourth-order valence-electron chi connectivity index (χ4n) is 1.42. The molecule has 1 aromatic rings. The lowest BCUT2D eigenvalue weighted by Gasteiger charge is -2.14. The molecular weight excluding hydrogens is 367 g/mol. The van der Waals surface area contributed by atoms with Gasteiger partial charge < -0.3 is 5.11 Å². The maximum atomic E-state index is 10.0. The van der Waals surface area contributed by atoms with E-state index in [0.29, 0.717) is 5.92 Å². The number of aliphatic hydroxyl groups excluding tert-OH is 1. The second-order valence-corrected chi connectivity index (χ2v) is 6.25. The van der Waals surface area contributed by atoms with Gasteiger partial charge in [0.05, 0.1) is 6.10 Å². The van der Waals surface area contributed by atoms with Crippen LogP contribution in [0.5, 0.6) is 0 Å². The fraction of sp³-hybridized carbons (Fsp3) is 0.500. The molecule has 84 valence electrons. The van der Waals surface area contributed by atoms with Crippen molar-refractivity contribution in [1.82, 2.24) is 0 Å². The Morgan fingerprint density at radius 2 is 2.00 bits per heavy atom. The number of rotatable bonds is 4. The summed E-state index contributed by atoms with van der Waals surface area (Å²) in [7, 11) is 0. The highest BCUT2D eigenvalue weighted by molar-refractivity contribution is 14.1. The Morgan fingerprint density at radius 3 is 2.60 bits per heavy atom. The molecule has 15 heavy (non-hydrogen) atoms. The van der Waals surface area contributed by atoms with Crippen LogP contribution in [0.2, 0.25) is 0 Å². The molecule has 0 bridgehead atoms. The Hall–Kier alpha value is 0.390. The Morgan fingerprint density at radius 1 is 1.33 bits per heavy atom. The highest BCUT2D eigenvalue weighted by Crippen LogP contribution is 2.28. The Labute approximate surface area is 114 Å². The molecule has 1 nitrogen and oxygen atoms in total. The largest absolute Gasteiger partial charge is 0.388 e. The van der Waals surface area contributed by atoms with Crippen LogP contribution in [0, 0.1) is 9.49 Å². The second kappa shape index (κ2) is 6.21. The molecule has 0 radical (unpaired) electrons. The minimum absolute atomic E-state index is 0.350. The minimum atomic E-state index is -0.350. The summed E-state index contributed by atoms with van der Waals surface area (Å²) in [6.07, 6.45) is 1.53. The Kier molecular flexibility index (Phi) is 5.57. The van der Waals surface area contributed by atoms with Gasteiger partial charge in [0.25, 0.3) is 0 Å². The van der Waals surface area contributed by atoms with Crippen molar-refractivity contribution in [2.45, 2.75) is 32.8 Å². The van der Waals surface area contributed by atoms with Crippen LogP contribution in [-0.2, 0) is 0 Å². The van der Waals surface area contributed by atoms with Crippen LogP contribution in [0.15, 0.2) is 22.7 Å². The van der Waals surface area contributed by atoms with Gasteiger partial charge in [-0.1, -0.05) is 29.8 Å². The summed E-state index contributed by atoms with van der Waals surface area (Å²) in [5.74, 6) is 0.640. The van der Waals surface area contributed by atoms with Gasteiger partial charge in [-0.2, -0.15) is 0 Å². The van der Waals surface area contributed by atoms with E-state index in [-0.39, 0.29) is 6.10 Å². The van der Waals surface area contributed by atoms with Gasteiger partial charge in [-0.3, -0.25) is 0 Å². The number of halogens is 2. The first kappa shape index (κ1) is 13.5. The van der Waals surface area contributed by atoms with Crippen molar-refractivity contribution in [2.75, 3.05) is 0 Å². The van der Waals surface area contributed by atoms with E-state index in [1.54, 1.807) is 0 Å². The lowest BCUT2D eigenvalue weighted by atomic mass is 10.00. The molecule has 0 saturated heterocycles. The summed E-state index contributed by atoms with van der Waals surface area (Å²) in [6, 6.07) is 6.06. The standard InChI is InChI=1S/C12H16BrIO/c1-8(2)3-6-12(15)10-7-9(14)4-5-11(10)13/h4-5,7-8,12,15H,3,6H2,1-2H3. The van der Waals surface area contributed by atoms with Crippen molar-refractivity contribution in [1.29, 1.82) is 0 Å². The smallest absolute Gasteiger partial charge is 0.0801 e. The first-order valence-electron chi connectivity index (χ1n) is 5.13. The van der Waals surface area contributed by atoms with Gasteiger partial charge in [0, 0.05) is 8.04 Å². The van der Waals surface area contributed by atoms with Crippen molar-refractivity contribution in [3.63, 3.8) is 0 Å². The average molecular weight is 383 g/mol. The molecule has 0 aromatic heterocycles. The number of aliphatic hydroxyl groups is 1. The normalized spacial score (nSPS) is 13.2. The van der Waals surface area contributed by atoms with Crippen LogP contribution in [0.1, 0.15) is 38.4 Å². The van der Waals surface area contributed by atoms with E-state index in [0.717, 1.165) is 26.4 Å². The number of hydrogen-bond donors (Lipinski definition) is 1. The first-order valence-corrected chi connectivity index (χ1v) is 7.01. The van der Waals surface area contributed by atoms with Crippen LogP contribution in [0.4, 0.5) is 0 Å². The first-order chi connectivity index (χ1) is 7.00. The van der Waals surface area contributed by atoms with Gasteiger partial charge in [0.15, 0.2) is 0 Å². The zero-order chi connectivity index (χ0) is 11.4. The molecule has 1 unspecified atom stereocenters. The van der Waals surface area contributed by atoms with Crippen molar-refractivity contribution in [3.8, 4) is 0 Å². The molecule has 0 heterocycles. The topological polar surface area (TPSA) is 20.2 Å². The molecule has 0 aliphatic heterocycles. The Bertz CT molecular complexity index is 325. The monoisotopic (exact) mass is 382 g/mol. The van der Waals surface area contributed by atoms with Crippen LogP contribution in [0.3, 0.4) is 0 Å². The summed E-state index contributed by atoms with van der Waals surface area (Å²) >= 11 is 5.74. The molecule has 3 heteroatoms. The molecule has 0 fully saturated rings.